The first-order valence-electron chi connectivity index (χ1n) is 19.5. The number of fused-ring (bicyclic) bond motifs is 6. The molecule has 268 valence electrons. The second kappa shape index (κ2) is 13.6. The van der Waals surface area contributed by atoms with Crippen molar-refractivity contribution < 1.29 is 0 Å². The number of hydrogen-bond donors (Lipinski definition) is 0. The number of para-hydroxylation sites is 4. The maximum atomic E-state index is 2.44. The van der Waals surface area contributed by atoms with E-state index in [0.29, 0.717) is 0 Å². The fraction of sp³-hybridized carbons (Fsp3) is 0. The van der Waals surface area contributed by atoms with Gasteiger partial charge in [-0.15, -0.1) is 0 Å². The maximum absolute atomic E-state index is 2.44. The molecule has 3 heteroatoms. The van der Waals surface area contributed by atoms with Crippen molar-refractivity contribution in [2.24, 2.45) is 0 Å². The van der Waals surface area contributed by atoms with Crippen LogP contribution >= 0.6 is 0 Å². The third-order valence-electron chi connectivity index (χ3n) is 11.3. The van der Waals surface area contributed by atoms with Gasteiger partial charge < -0.3 is 14.0 Å². The van der Waals surface area contributed by atoms with Crippen LogP contribution in [-0.2, 0) is 0 Å². The number of rotatable bonds is 7. The standard InChI is InChI=1S/C54H37N3/c1-4-18-38(19-5-1)44-26-10-13-30-49(44)55(41-24-16-25-42(36-41)57-50-31-14-11-27-46(50)47-28-12-15-32-51(47)57)43-34-35-52-48(37-43)54-45(39-20-6-2-7-21-39)29-17-33-53(54)56(52)40-22-8-3-9-23-40/h1-37H. The molecule has 0 aliphatic carbocycles. The molecule has 3 nitrogen and oxygen atoms in total. The van der Waals surface area contributed by atoms with Crippen molar-refractivity contribution in [3.63, 3.8) is 0 Å². The number of benzene rings is 9. The van der Waals surface area contributed by atoms with Gasteiger partial charge in [0.25, 0.3) is 0 Å². The molecule has 0 aliphatic rings. The predicted octanol–water partition coefficient (Wildman–Crippen LogP) is 14.7. The first-order chi connectivity index (χ1) is 28.3. The molecule has 0 atom stereocenters. The smallest absolute Gasteiger partial charge is 0.0547 e. The lowest BCUT2D eigenvalue weighted by Crippen LogP contribution is -2.12. The third kappa shape index (κ3) is 5.43. The van der Waals surface area contributed by atoms with Crippen LogP contribution in [0.4, 0.5) is 17.1 Å². The van der Waals surface area contributed by atoms with Gasteiger partial charge in [-0.2, -0.15) is 0 Å². The molecule has 0 saturated heterocycles. The summed E-state index contributed by atoms with van der Waals surface area (Å²) in [5.74, 6) is 0. The Morgan fingerprint density at radius 1 is 0.298 bits per heavy atom. The summed E-state index contributed by atoms with van der Waals surface area (Å²) in [7, 11) is 0. The largest absolute Gasteiger partial charge is 0.310 e. The molecule has 9 aromatic carbocycles. The Bertz CT molecular complexity index is 3180. The summed E-state index contributed by atoms with van der Waals surface area (Å²) in [5, 5.41) is 4.94. The third-order valence-corrected chi connectivity index (χ3v) is 11.3. The second-order valence-electron chi connectivity index (χ2n) is 14.5. The van der Waals surface area contributed by atoms with E-state index in [4.69, 9.17) is 0 Å². The molecular weight excluding hydrogens is 691 g/mol. The van der Waals surface area contributed by atoms with Crippen molar-refractivity contribution in [1.29, 1.82) is 0 Å². The molecule has 57 heavy (non-hydrogen) atoms. The van der Waals surface area contributed by atoms with E-state index < -0.39 is 0 Å². The molecule has 0 spiro atoms. The van der Waals surface area contributed by atoms with Crippen molar-refractivity contribution in [2.75, 3.05) is 4.90 Å². The summed E-state index contributed by atoms with van der Waals surface area (Å²) >= 11 is 0. The van der Waals surface area contributed by atoms with Gasteiger partial charge in [0.05, 0.1) is 27.8 Å². The van der Waals surface area contributed by atoms with E-state index in [1.165, 1.54) is 60.3 Å². The monoisotopic (exact) mass is 727 g/mol. The molecule has 0 saturated carbocycles. The average Bonchev–Trinajstić information content (AvgIpc) is 3.81. The highest BCUT2D eigenvalue weighted by Crippen LogP contribution is 2.45. The highest BCUT2D eigenvalue weighted by molar-refractivity contribution is 6.17. The summed E-state index contributed by atoms with van der Waals surface area (Å²) < 4.78 is 4.81. The van der Waals surface area contributed by atoms with Crippen LogP contribution in [0.25, 0.3) is 77.2 Å². The van der Waals surface area contributed by atoms with Crippen LogP contribution in [0.5, 0.6) is 0 Å². The molecule has 2 heterocycles. The van der Waals surface area contributed by atoms with E-state index in [9.17, 15) is 0 Å². The lowest BCUT2D eigenvalue weighted by molar-refractivity contribution is 1.17. The molecule has 0 bridgehead atoms. The molecule has 11 rings (SSSR count). The summed E-state index contributed by atoms with van der Waals surface area (Å²) in [4.78, 5) is 2.44. The van der Waals surface area contributed by atoms with Gasteiger partial charge in [-0.3, -0.25) is 0 Å². The number of nitrogens with zero attached hydrogens (tertiary/aromatic N) is 3. The van der Waals surface area contributed by atoms with Gasteiger partial charge in [0.2, 0.25) is 0 Å². The lowest BCUT2D eigenvalue weighted by Gasteiger charge is -2.28. The van der Waals surface area contributed by atoms with Crippen LogP contribution in [0.2, 0.25) is 0 Å². The van der Waals surface area contributed by atoms with Crippen LogP contribution in [0.1, 0.15) is 0 Å². The zero-order valence-corrected chi connectivity index (χ0v) is 31.2. The molecule has 11 aromatic rings. The molecule has 0 N–H and O–H groups in total. The molecular formula is C54H37N3. The van der Waals surface area contributed by atoms with Crippen molar-refractivity contribution in [3.8, 4) is 33.6 Å². The van der Waals surface area contributed by atoms with Gasteiger partial charge in [-0.05, 0) is 89.5 Å². The molecule has 0 unspecified atom stereocenters. The Morgan fingerprint density at radius 2 is 0.789 bits per heavy atom. The molecule has 0 fully saturated rings. The van der Waals surface area contributed by atoms with Crippen LogP contribution in [0.3, 0.4) is 0 Å². The van der Waals surface area contributed by atoms with Crippen LogP contribution in [0.15, 0.2) is 224 Å². The topological polar surface area (TPSA) is 13.1 Å². The van der Waals surface area contributed by atoms with Gasteiger partial charge in [0.15, 0.2) is 0 Å². The zero-order valence-electron chi connectivity index (χ0n) is 31.2. The maximum Gasteiger partial charge on any atom is 0.0547 e. The minimum atomic E-state index is 1.08. The lowest BCUT2D eigenvalue weighted by atomic mass is 9.98. The minimum Gasteiger partial charge on any atom is -0.310 e. The van der Waals surface area contributed by atoms with E-state index in [1.54, 1.807) is 0 Å². The van der Waals surface area contributed by atoms with Crippen molar-refractivity contribution >= 4 is 60.7 Å². The van der Waals surface area contributed by atoms with Gasteiger partial charge in [0, 0.05) is 49.9 Å². The highest BCUT2D eigenvalue weighted by atomic mass is 15.1. The van der Waals surface area contributed by atoms with Crippen LogP contribution < -0.4 is 4.90 Å². The molecule has 0 amide bonds. The fourth-order valence-corrected chi connectivity index (χ4v) is 8.84. The SMILES string of the molecule is c1ccc(-c2ccccc2N(c2cccc(-n3c4ccccc4c4ccccc43)c2)c2ccc3c(c2)c2c(-c4ccccc4)cccc2n3-c2ccccc2)cc1. The minimum absolute atomic E-state index is 1.08. The zero-order chi connectivity index (χ0) is 37.7. The van der Waals surface area contributed by atoms with Gasteiger partial charge in [-0.1, -0.05) is 152 Å². The summed E-state index contributed by atoms with van der Waals surface area (Å²) in [6.07, 6.45) is 0. The molecule has 0 radical (unpaired) electrons. The normalized spacial score (nSPS) is 11.5. The van der Waals surface area contributed by atoms with Gasteiger partial charge >= 0.3 is 0 Å². The second-order valence-corrected chi connectivity index (χ2v) is 14.5. The Morgan fingerprint density at radius 3 is 1.51 bits per heavy atom. The van der Waals surface area contributed by atoms with E-state index >= 15 is 0 Å². The van der Waals surface area contributed by atoms with E-state index in [0.717, 1.165) is 34.0 Å². The Kier molecular flexibility index (Phi) is 7.82. The number of aromatic nitrogens is 2. The van der Waals surface area contributed by atoms with Crippen LogP contribution in [0, 0.1) is 0 Å². The van der Waals surface area contributed by atoms with Crippen LogP contribution in [-0.4, -0.2) is 9.13 Å². The predicted molar refractivity (Wildman–Crippen MR) is 241 cm³/mol. The molecule has 2 aromatic heterocycles. The Hall–Kier alpha value is -7.62. The quantitative estimate of drug-likeness (QED) is 0.159. The van der Waals surface area contributed by atoms with E-state index in [2.05, 4.69) is 238 Å². The van der Waals surface area contributed by atoms with Crippen molar-refractivity contribution in [1.82, 2.24) is 9.13 Å². The first-order valence-corrected chi connectivity index (χ1v) is 19.5. The first kappa shape index (κ1) is 32.8. The number of hydrogen-bond acceptors (Lipinski definition) is 1. The average molecular weight is 728 g/mol. The summed E-state index contributed by atoms with van der Waals surface area (Å²) in [6, 6.07) is 81.2. The number of anilines is 3. The van der Waals surface area contributed by atoms with Gasteiger partial charge in [-0.25, -0.2) is 0 Å². The van der Waals surface area contributed by atoms with Gasteiger partial charge in [0.1, 0.15) is 0 Å². The van der Waals surface area contributed by atoms with Crippen molar-refractivity contribution in [3.05, 3.63) is 224 Å². The highest BCUT2D eigenvalue weighted by Gasteiger charge is 2.22. The fourth-order valence-electron chi connectivity index (χ4n) is 8.84. The van der Waals surface area contributed by atoms with E-state index in [1.807, 2.05) is 0 Å². The summed E-state index contributed by atoms with van der Waals surface area (Å²) in [5.41, 5.74) is 15.0. The Balaban J connectivity index is 1.20. The summed E-state index contributed by atoms with van der Waals surface area (Å²) in [6.45, 7) is 0. The van der Waals surface area contributed by atoms with E-state index in [-0.39, 0.29) is 0 Å². The van der Waals surface area contributed by atoms with Crippen molar-refractivity contribution in [2.45, 2.75) is 0 Å². The Labute approximate surface area is 331 Å². The molecule has 0 aliphatic heterocycles.